The van der Waals surface area contributed by atoms with E-state index < -0.39 is 11.5 Å². The summed E-state index contributed by atoms with van der Waals surface area (Å²) >= 11 is 0. The molecule has 1 heterocycles. The lowest BCUT2D eigenvalue weighted by Crippen LogP contribution is -2.51. The van der Waals surface area contributed by atoms with Gasteiger partial charge in [0.1, 0.15) is 5.54 Å². The van der Waals surface area contributed by atoms with E-state index in [1.54, 1.807) is 0 Å². The molecule has 0 spiro atoms. The molecule has 0 bridgehead atoms. The Morgan fingerprint density at radius 2 is 1.94 bits per heavy atom. The van der Waals surface area contributed by atoms with Gasteiger partial charge in [0.15, 0.2) is 0 Å². The minimum absolute atomic E-state index is 0.0403. The highest BCUT2D eigenvalue weighted by molar-refractivity contribution is 5.88. The molecule has 0 aromatic heterocycles. The van der Waals surface area contributed by atoms with E-state index in [1.165, 1.54) is 0 Å². The summed E-state index contributed by atoms with van der Waals surface area (Å²) in [4.78, 5) is 22.7. The van der Waals surface area contributed by atoms with Crippen LogP contribution < -0.4 is 10.6 Å². The van der Waals surface area contributed by atoms with Crippen LogP contribution in [-0.2, 0) is 9.53 Å². The monoisotopic (exact) mass is 256 g/mol. The number of aliphatic carboxylic acids is 1. The molecule has 2 fully saturated rings. The van der Waals surface area contributed by atoms with Gasteiger partial charge in [-0.2, -0.15) is 0 Å². The number of carboxylic acids is 1. The summed E-state index contributed by atoms with van der Waals surface area (Å²) in [6.07, 6.45) is 2.90. The molecule has 102 valence electrons. The van der Waals surface area contributed by atoms with E-state index in [0.29, 0.717) is 18.8 Å². The zero-order chi connectivity index (χ0) is 13.2. The average Bonchev–Trinajstić information content (AvgIpc) is 3.11. The van der Waals surface area contributed by atoms with Crippen molar-refractivity contribution in [2.45, 2.75) is 44.2 Å². The van der Waals surface area contributed by atoms with E-state index in [2.05, 4.69) is 10.6 Å². The van der Waals surface area contributed by atoms with Crippen LogP contribution in [0.2, 0.25) is 0 Å². The van der Waals surface area contributed by atoms with Crippen LogP contribution in [0.5, 0.6) is 0 Å². The average molecular weight is 256 g/mol. The van der Waals surface area contributed by atoms with E-state index >= 15 is 0 Å². The van der Waals surface area contributed by atoms with Gasteiger partial charge in [0.2, 0.25) is 0 Å². The highest BCUT2D eigenvalue weighted by Crippen LogP contribution is 2.35. The Kier molecular flexibility index (Phi) is 3.75. The zero-order valence-electron chi connectivity index (χ0n) is 10.6. The summed E-state index contributed by atoms with van der Waals surface area (Å²) in [5.74, 6) is -0.541. The van der Waals surface area contributed by atoms with Crippen LogP contribution in [-0.4, -0.2) is 41.9 Å². The lowest BCUT2D eigenvalue weighted by Gasteiger charge is -2.28. The zero-order valence-corrected chi connectivity index (χ0v) is 10.6. The highest BCUT2D eigenvalue weighted by atomic mass is 16.5. The van der Waals surface area contributed by atoms with Crippen LogP contribution >= 0.6 is 0 Å². The van der Waals surface area contributed by atoms with Gasteiger partial charge in [-0.1, -0.05) is 0 Å². The Bertz CT molecular complexity index is 335. The lowest BCUT2D eigenvalue weighted by atomic mass is 9.93. The molecule has 2 aliphatic rings. The molecule has 18 heavy (non-hydrogen) atoms. The van der Waals surface area contributed by atoms with Crippen molar-refractivity contribution in [2.75, 3.05) is 13.2 Å². The molecule has 1 saturated heterocycles. The van der Waals surface area contributed by atoms with Gasteiger partial charge in [0.25, 0.3) is 0 Å². The molecule has 0 aromatic carbocycles. The fourth-order valence-corrected chi connectivity index (χ4v) is 2.31. The number of rotatable bonds is 4. The Hall–Kier alpha value is -1.30. The molecule has 1 aliphatic heterocycles. The third-order valence-corrected chi connectivity index (χ3v) is 3.84. The number of carbonyl (C=O) groups excluding carboxylic acids is 1. The standard InChI is InChI=1S/C12H20N2O4/c1-8(9-2-6-18-7-3-9)13-11(17)14-12(4-5-12)10(15)16/h8-9H,2-7H2,1H3,(H,15,16)(H2,13,14,17). The van der Waals surface area contributed by atoms with Gasteiger partial charge in [-0.05, 0) is 38.5 Å². The Morgan fingerprint density at radius 1 is 1.33 bits per heavy atom. The summed E-state index contributed by atoms with van der Waals surface area (Å²) in [7, 11) is 0. The minimum Gasteiger partial charge on any atom is -0.480 e. The van der Waals surface area contributed by atoms with Gasteiger partial charge >= 0.3 is 12.0 Å². The SMILES string of the molecule is CC(NC(=O)NC1(C(=O)O)CC1)C1CCOCC1. The van der Waals surface area contributed by atoms with Crippen molar-refractivity contribution in [3.8, 4) is 0 Å². The molecule has 0 aromatic rings. The minimum atomic E-state index is -1.01. The second-order valence-corrected chi connectivity index (χ2v) is 5.22. The van der Waals surface area contributed by atoms with Crippen LogP contribution in [0.25, 0.3) is 0 Å². The molecule has 1 aliphatic carbocycles. The van der Waals surface area contributed by atoms with Crippen LogP contribution in [0.4, 0.5) is 4.79 Å². The first-order valence-electron chi connectivity index (χ1n) is 6.43. The number of carbonyl (C=O) groups is 2. The third-order valence-electron chi connectivity index (χ3n) is 3.84. The van der Waals surface area contributed by atoms with Gasteiger partial charge in [-0.15, -0.1) is 0 Å². The van der Waals surface area contributed by atoms with E-state index in [0.717, 1.165) is 26.1 Å². The van der Waals surface area contributed by atoms with Gasteiger partial charge in [-0.25, -0.2) is 9.59 Å². The molecule has 0 radical (unpaired) electrons. The quantitative estimate of drug-likeness (QED) is 0.691. The number of urea groups is 1. The maximum atomic E-state index is 11.7. The van der Waals surface area contributed by atoms with Crippen molar-refractivity contribution >= 4 is 12.0 Å². The Morgan fingerprint density at radius 3 is 2.44 bits per heavy atom. The number of amides is 2. The van der Waals surface area contributed by atoms with Crippen LogP contribution in [0, 0.1) is 5.92 Å². The van der Waals surface area contributed by atoms with Gasteiger partial charge in [0, 0.05) is 19.3 Å². The molecule has 6 nitrogen and oxygen atoms in total. The molecule has 3 N–H and O–H groups in total. The summed E-state index contributed by atoms with van der Waals surface area (Å²) in [5, 5.41) is 14.4. The second-order valence-electron chi connectivity index (χ2n) is 5.22. The number of hydrogen-bond donors (Lipinski definition) is 3. The van der Waals surface area contributed by atoms with Crippen molar-refractivity contribution < 1.29 is 19.4 Å². The molecule has 2 amide bonds. The van der Waals surface area contributed by atoms with Crippen molar-refractivity contribution in [2.24, 2.45) is 5.92 Å². The van der Waals surface area contributed by atoms with Crippen LogP contribution in [0.15, 0.2) is 0 Å². The molecular weight excluding hydrogens is 236 g/mol. The molecule has 6 heteroatoms. The smallest absolute Gasteiger partial charge is 0.329 e. The van der Waals surface area contributed by atoms with Crippen molar-refractivity contribution in [3.63, 3.8) is 0 Å². The highest BCUT2D eigenvalue weighted by Gasteiger charge is 2.51. The number of hydrogen-bond acceptors (Lipinski definition) is 3. The fraction of sp³-hybridized carbons (Fsp3) is 0.833. The summed E-state index contributed by atoms with van der Waals surface area (Å²) in [5.41, 5.74) is -1.01. The Balaban J connectivity index is 1.78. The van der Waals surface area contributed by atoms with Crippen molar-refractivity contribution in [1.82, 2.24) is 10.6 Å². The summed E-state index contributed by atoms with van der Waals surface area (Å²) < 4.78 is 5.27. The number of carboxylic acid groups (broad SMARTS) is 1. The summed E-state index contributed by atoms with van der Waals surface area (Å²) in [6.45, 7) is 3.42. The molecular formula is C12H20N2O4. The van der Waals surface area contributed by atoms with E-state index in [1.807, 2.05) is 6.92 Å². The normalized spacial score (nSPS) is 24.1. The predicted molar refractivity (Wildman–Crippen MR) is 64.3 cm³/mol. The molecule has 1 atom stereocenters. The second kappa shape index (κ2) is 5.14. The van der Waals surface area contributed by atoms with Crippen molar-refractivity contribution in [3.05, 3.63) is 0 Å². The summed E-state index contributed by atoms with van der Waals surface area (Å²) in [6, 6.07) is -0.340. The van der Waals surface area contributed by atoms with Gasteiger partial charge in [0.05, 0.1) is 0 Å². The molecule has 1 unspecified atom stereocenters. The Labute approximate surface area is 106 Å². The topological polar surface area (TPSA) is 87.7 Å². The number of ether oxygens (including phenoxy) is 1. The fourth-order valence-electron chi connectivity index (χ4n) is 2.31. The first-order chi connectivity index (χ1) is 8.53. The first kappa shape index (κ1) is 13.1. The molecule has 2 rings (SSSR count). The number of nitrogens with one attached hydrogen (secondary N) is 2. The van der Waals surface area contributed by atoms with Crippen molar-refractivity contribution in [1.29, 1.82) is 0 Å². The van der Waals surface area contributed by atoms with E-state index in [9.17, 15) is 9.59 Å². The van der Waals surface area contributed by atoms with E-state index in [-0.39, 0.29) is 12.1 Å². The first-order valence-corrected chi connectivity index (χ1v) is 6.43. The maximum absolute atomic E-state index is 11.7. The van der Waals surface area contributed by atoms with Gasteiger partial charge < -0.3 is 20.5 Å². The van der Waals surface area contributed by atoms with E-state index in [4.69, 9.17) is 9.84 Å². The maximum Gasteiger partial charge on any atom is 0.329 e. The largest absolute Gasteiger partial charge is 0.480 e. The predicted octanol–water partition coefficient (Wildman–Crippen LogP) is 0.718. The van der Waals surface area contributed by atoms with Crippen LogP contribution in [0.1, 0.15) is 32.6 Å². The molecule has 1 saturated carbocycles. The van der Waals surface area contributed by atoms with Crippen LogP contribution in [0.3, 0.4) is 0 Å². The lowest BCUT2D eigenvalue weighted by molar-refractivity contribution is -0.140. The van der Waals surface area contributed by atoms with Gasteiger partial charge in [-0.3, -0.25) is 0 Å². The third kappa shape index (κ3) is 2.93.